The first-order valence-corrected chi connectivity index (χ1v) is 4.97. The Labute approximate surface area is 94.7 Å². The number of carboxylic acid groups (broad SMARTS) is 1. The quantitative estimate of drug-likeness (QED) is 0.756. The Kier molecular flexibility index (Phi) is 4.49. The molecule has 1 aromatic carbocycles. The lowest BCUT2D eigenvalue weighted by Gasteiger charge is -2.14. The van der Waals surface area contributed by atoms with Gasteiger partial charge in [0.25, 0.3) is 0 Å². The van der Waals surface area contributed by atoms with Gasteiger partial charge < -0.3 is 5.11 Å². The van der Waals surface area contributed by atoms with Gasteiger partial charge in [-0.25, -0.2) is 0 Å². The van der Waals surface area contributed by atoms with Crippen LogP contribution in [0.3, 0.4) is 0 Å². The number of nitrogens with zero attached hydrogens (tertiary/aromatic N) is 2. The Balaban J connectivity index is 2.78. The molecule has 0 aliphatic carbocycles. The molecule has 0 saturated heterocycles. The van der Waals surface area contributed by atoms with Crippen molar-refractivity contribution in [2.24, 2.45) is 0 Å². The standard InChI is InChI=1S/C12H14N2O2/c1-14(7-6-13)9-11-5-3-2-4-10(11)8-12(15)16/h2-5H,7-9H2,1H3,(H,15,16). The molecule has 4 nitrogen and oxygen atoms in total. The molecule has 0 saturated carbocycles. The normalized spacial score (nSPS) is 10.1. The van der Waals surface area contributed by atoms with Crippen molar-refractivity contribution in [1.82, 2.24) is 4.90 Å². The second-order valence-corrected chi connectivity index (χ2v) is 3.67. The van der Waals surface area contributed by atoms with Crippen molar-refractivity contribution in [3.8, 4) is 6.07 Å². The molecule has 0 aliphatic heterocycles. The lowest BCUT2D eigenvalue weighted by atomic mass is 10.0. The van der Waals surface area contributed by atoms with Gasteiger partial charge in [-0.1, -0.05) is 24.3 Å². The zero-order valence-corrected chi connectivity index (χ0v) is 9.18. The molecular weight excluding hydrogens is 204 g/mol. The molecule has 4 heteroatoms. The van der Waals surface area contributed by atoms with E-state index >= 15 is 0 Å². The molecule has 1 rings (SSSR count). The van der Waals surface area contributed by atoms with Gasteiger partial charge in [0.15, 0.2) is 0 Å². The molecule has 1 aromatic rings. The summed E-state index contributed by atoms with van der Waals surface area (Å²) in [6, 6.07) is 9.46. The molecule has 1 N–H and O–H groups in total. The van der Waals surface area contributed by atoms with E-state index in [2.05, 4.69) is 6.07 Å². The summed E-state index contributed by atoms with van der Waals surface area (Å²) >= 11 is 0. The van der Waals surface area contributed by atoms with Gasteiger partial charge in [0.1, 0.15) is 0 Å². The second kappa shape index (κ2) is 5.89. The Hall–Kier alpha value is -1.86. The van der Waals surface area contributed by atoms with E-state index in [4.69, 9.17) is 10.4 Å². The minimum atomic E-state index is -0.838. The first kappa shape index (κ1) is 12.2. The fraction of sp³-hybridized carbons (Fsp3) is 0.333. The molecule has 0 spiro atoms. The average molecular weight is 218 g/mol. The lowest BCUT2D eigenvalue weighted by Crippen LogP contribution is -2.19. The molecule has 16 heavy (non-hydrogen) atoms. The van der Waals surface area contributed by atoms with Crippen molar-refractivity contribution < 1.29 is 9.90 Å². The molecule has 0 radical (unpaired) electrons. The van der Waals surface area contributed by atoms with Crippen LogP contribution in [-0.4, -0.2) is 29.6 Å². The summed E-state index contributed by atoms with van der Waals surface area (Å²) in [6.45, 7) is 0.929. The molecule has 0 bridgehead atoms. The maximum atomic E-state index is 10.7. The van der Waals surface area contributed by atoms with Crippen LogP contribution < -0.4 is 0 Å². The topological polar surface area (TPSA) is 64.3 Å². The van der Waals surface area contributed by atoms with E-state index < -0.39 is 5.97 Å². The fourth-order valence-electron chi connectivity index (χ4n) is 1.51. The van der Waals surface area contributed by atoms with E-state index in [1.807, 2.05) is 36.2 Å². The highest BCUT2D eigenvalue weighted by molar-refractivity contribution is 5.70. The van der Waals surface area contributed by atoms with Crippen molar-refractivity contribution in [2.45, 2.75) is 13.0 Å². The zero-order valence-electron chi connectivity index (χ0n) is 9.18. The van der Waals surface area contributed by atoms with E-state index in [-0.39, 0.29) is 6.42 Å². The summed E-state index contributed by atoms with van der Waals surface area (Å²) < 4.78 is 0. The number of carboxylic acids is 1. The SMILES string of the molecule is CN(CC#N)Cc1ccccc1CC(=O)O. The minimum Gasteiger partial charge on any atom is -0.481 e. The largest absolute Gasteiger partial charge is 0.481 e. The molecule has 0 aliphatic rings. The van der Waals surface area contributed by atoms with Gasteiger partial charge in [0.2, 0.25) is 0 Å². The summed E-state index contributed by atoms with van der Waals surface area (Å²) in [7, 11) is 1.83. The molecule has 0 heterocycles. The van der Waals surface area contributed by atoms with E-state index in [0.717, 1.165) is 11.1 Å². The number of aliphatic carboxylic acids is 1. The Bertz CT molecular complexity index is 410. The first-order valence-electron chi connectivity index (χ1n) is 4.97. The average Bonchev–Trinajstić information content (AvgIpc) is 2.20. The van der Waals surface area contributed by atoms with Crippen molar-refractivity contribution >= 4 is 5.97 Å². The number of hydrogen-bond donors (Lipinski definition) is 1. The smallest absolute Gasteiger partial charge is 0.307 e. The monoisotopic (exact) mass is 218 g/mol. The van der Waals surface area contributed by atoms with Crippen LogP contribution in [0.1, 0.15) is 11.1 Å². The van der Waals surface area contributed by atoms with E-state index in [1.54, 1.807) is 0 Å². The highest BCUT2D eigenvalue weighted by Gasteiger charge is 2.07. The summed E-state index contributed by atoms with van der Waals surface area (Å²) in [6.07, 6.45) is 0.0244. The third kappa shape index (κ3) is 3.71. The van der Waals surface area contributed by atoms with Gasteiger partial charge in [-0.05, 0) is 18.2 Å². The summed E-state index contributed by atoms with van der Waals surface area (Å²) in [5.74, 6) is -0.838. The molecule has 0 atom stereocenters. The van der Waals surface area contributed by atoms with Crippen molar-refractivity contribution in [3.63, 3.8) is 0 Å². The number of hydrogen-bond acceptors (Lipinski definition) is 3. The molecule has 0 unspecified atom stereocenters. The van der Waals surface area contributed by atoms with Crippen LogP contribution in [-0.2, 0) is 17.8 Å². The Morgan fingerprint density at radius 3 is 2.62 bits per heavy atom. The minimum absolute atomic E-state index is 0.0244. The third-order valence-electron chi connectivity index (χ3n) is 2.24. The van der Waals surface area contributed by atoms with E-state index in [0.29, 0.717) is 13.1 Å². The van der Waals surface area contributed by atoms with Crippen LogP contribution in [0.5, 0.6) is 0 Å². The molecule has 0 fully saturated rings. The van der Waals surface area contributed by atoms with Crippen molar-refractivity contribution in [3.05, 3.63) is 35.4 Å². The van der Waals surface area contributed by atoms with Gasteiger partial charge in [0, 0.05) is 6.54 Å². The Morgan fingerprint density at radius 2 is 2.06 bits per heavy atom. The van der Waals surface area contributed by atoms with Crippen LogP contribution in [0.4, 0.5) is 0 Å². The van der Waals surface area contributed by atoms with Crippen LogP contribution >= 0.6 is 0 Å². The highest BCUT2D eigenvalue weighted by atomic mass is 16.4. The lowest BCUT2D eigenvalue weighted by molar-refractivity contribution is -0.136. The van der Waals surface area contributed by atoms with Crippen LogP contribution in [0.25, 0.3) is 0 Å². The summed E-state index contributed by atoms with van der Waals surface area (Å²) in [5.41, 5.74) is 1.77. The summed E-state index contributed by atoms with van der Waals surface area (Å²) in [5, 5.41) is 17.3. The number of benzene rings is 1. The molecule has 0 aromatic heterocycles. The third-order valence-corrected chi connectivity index (χ3v) is 2.24. The molecule has 84 valence electrons. The Morgan fingerprint density at radius 1 is 1.44 bits per heavy atom. The fourth-order valence-corrected chi connectivity index (χ4v) is 1.51. The predicted molar refractivity (Wildman–Crippen MR) is 59.7 cm³/mol. The van der Waals surface area contributed by atoms with E-state index in [9.17, 15) is 4.79 Å². The summed E-state index contributed by atoms with van der Waals surface area (Å²) in [4.78, 5) is 12.5. The highest BCUT2D eigenvalue weighted by Crippen LogP contribution is 2.11. The zero-order chi connectivity index (χ0) is 12.0. The maximum absolute atomic E-state index is 10.7. The van der Waals surface area contributed by atoms with Crippen LogP contribution in [0, 0.1) is 11.3 Å². The number of carbonyl (C=O) groups is 1. The van der Waals surface area contributed by atoms with Crippen LogP contribution in [0.15, 0.2) is 24.3 Å². The second-order valence-electron chi connectivity index (χ2n) is 3.67. The van der Waals surface area contributed by atoms with E-state index in [1.165, 1.54) is 0 Å². The predicted octanol–water partition coefficient (Wildman–Crippen LogP) is 1.27. The first-order chi connectivity index (χ1) is 7.63. The molecule has 0 amide bonds. The van der Waals surface area contributed by atoms with Gasteiger partial charge in [-0.15, -0.1) is 0 Å². The van der Waals surface area contributed by atoms with Gasteiger partial charge in [-0.2, -0.15) is 5.26 Å². The van der Waals surface area contributed by atoms with Crippen molar-refractivity contribution in [2.75, 3.05) is 13.6 Å². The number of nitriles is 1. The molecular formula is C12H14N2O2. The van der Waals surface area contributed by atoms with Gasteiger partial charge in [-0.3, -0.25) is 9.69 Å². The van der Waals surface area contributed by atoms with Gasteiger partial charge in [0.05, 0.1) is 19.0 Å². The van der Waals surface area contributed by atoms with Crippen molar-refractivity contribution in [1.29, 1.82) is 5.26 Å². The number of rotatable bonds is 5. The van der Waals surface area contributed by atoms with Gasteiger partial charge >= 0.3 is 5.97 Å². The maximum Gasteiger partial charge on any atom is 0.307 e. The van der Waals surface area contributed by atoms with Crippen LogP contribution in [0.2, 0.25) is 0 Å².